The lowest BCUT2D eigenvalue weighted by Gasteiger charge is -2.18. The first-order valence-electron chi connectivity index (χ1n) is 6.87. The van der Waals surface area contributed by atoms with Crippen LogP contribution in [-0.2, 0) is 16.1 Å². The number of nitrogens with one attached hydrogen (secondary N) is 3. The summed E-state index contributed by atoms with van der Waals surface area (Å²) in [5.74, 6) is -0.907. The second-order valence-electron chi connectivity index (χ2n) is 4.76. The molecule has 3 N–H and O–H groups in total. The molecule has 0 bridgehead atoms. The largest absolute Gasteiger partial charge is 0.357 e. The van der Waals surface area contributed by atoms with Gasteiger partial charge >= 0.3 is 5.69 Å². The Labute approximate surface area is 131 Å². The number of H-pyrrole nitrogens is 1. The highest BCUT2D eigenvalue weighted by atomic mass is 16.2. The topological polar surface area (TPSA) is 113 Å². The summed E-state index contributed by atoms with van der Waals surface area (Å²) in [7, 11) is 1.47. The van der Waals surface area contributed by atoms with Gasteiger partial charge in [0.15, 0.2) is 0 Å². The van der Waals surface area contributed by atoms with Gasteiger partial charge in [0.25, 0.3) is 5.56 Å². The lowest BCUT2D eigenvalue weighted by molar-refractivity contribution is -0.129. The molecule has 1 heterocycles. The number of benzene rings is 1. The van der Waals surface area contributed by atoms with Crippen molar-refractivity contribution in [2.75, 3.05) is 7.05 Å². The minimum absolute atomic E-state index is 0.310. The standard InChI is InChI=1S/C15H16N4O4/c1-16-14(22)13(10-5-3-2-4-6-10)17-12(21)9-19-8-7-11(20)18-15(19)23/h2-8,13H,9H2,1H3,(H,16,22)(H,17,21)(H,18,20,23). The van der Waals surface area contributed by atoms with Gasteiger partial charge in [0.05, 0.1) is 0 Å². The predicted octanol–water partition coefficient (Wildman–Crippen LogP) is -0.860. The van der Waals surface area contributed by atoms with Crippen molar-refractivity contribution in [2.45, 2.75) is 12.6 Å². The van der Waals surface area contributed by atoms with Crippen molar-refractivity contribution in [1.29, 1.82) is 0 Å². The Morgan fingerprint density at radius 3 is 2.48 bits per heavy atom. The number of rotatable bonds is 5. The van der Waals surface area contributed by atoms with E-state index in [0.717, 1.165) is 10.6 Å². The Morgan fingerprint density at radius 1 is 1.17 bits per heavy atom. The van der Waals surface area contributed by atoms with Crippen LogP contribution in [0.1, 0.15) is 11.6 Å². The van der Waals surface area contributed by atoms with E-state index >= 15 is 0 Å². The Bertz CT molecular complexity index is 810. The number of amides is 2. The number of nitrogens with zero attached hydrogens (tertiary/aromatic N) is 1. The third-order valence-electron chi connectivity index (χ3n) is 3.16. The SMILES string of the molecule is CNC(=O)C(NC(=O)Cn1ccc(=O)[nH]c1=O)c1ccccc1. The molecule has 1 unspecified atom stereocenters. The summed E-state index contributed by atoms with van der Waals surface area (Å²) in [6, 6.07) is 9.01. The van der Waals surface area contributed by atoms with Gasteiger partial charge in [0.2, 0.25) is 11.8 Å². The fourth-order valence-corrected chi connectivity index (χ4v) is 2.02. The fraction of sp³-hybridized carbons (Fsp3) is 0.200. The molecule has 0 saturated heterocycles. The van der Waals surface area contributed by atoms with Crippen LogP contribution in [0, 0.1) is 0 Å². The van der Waals surface area contributed by atoms with E-state index in [2.05, 4.69) is 15.6 Å². The lowest BCUT2D eigenvalue weighted by Crippen LogP contribution is -2.42. The summed E-state index contributed by atoms with van der Waals surface area (Å²) in [4.78, 5) is 48.7. The molecule has 0 aliphatic carbocycles. The van der Waals surface area contributed by atoms with Gasteiger partial charge in [0, 0.05) is 19.3 Å². The molecule has 2 rings (SSSR count). The second-order valence-corrected chi connectivity index (χ2v) is 4.76. The maximum absolute atomic E-state index is 12.1. The lowest BCUT2D eigenvalue weighted by atomic mass is 10.1. The molecule has 2 amide bonds. The van der Waals surface area contributed by atoms with Crippen LogP contribution in [-0.4, -0.2) is 28.4 Å². The average Bonchev–Trinajstić information content (AvgIpc) is 2.55. The number of carbonyl (C=O) groups excluding carboxylic acids is 2. The molecule has 0 saturated carbocycles. The first-order chi connectivity index (χ1) is 11.0. The predicted molar refractivity (Wildman–Crippen MR) is 82.7 cm³/mol. The van der Waals surface area contributed by atoms with Crippen molar-refractivity contribution in [2.24, 2.45) is 0 Å². The molecule has 0 aliphatic rings. The molecule has 1 atom stereocenters. The Hall–Kier alpha value is -3.16. The van der Waals surface area contributed by atoms with Crippen molar-refractivity contribution in [3.8, 4) is 0 Å². The zero-order chi connectivity index (χ0) is 16.8. The van der Waals surface area contributed by atoms with Gasteiger partial charge in [-0.25, -0.2) is 4.79 Å². The van der Waals surface area contributed by atoms with Crippen LogP contribution in [0.3, 0.4) is 0 Å². The highest BCUT2D eigenvalue weighted by molar-refractivity contribution is 5.88. The molecule has 120 valence electrons. The number of likely N-dealkylation sites (N-methyl/N-ethyl adjacent to an activating group) is 1. The molecule has 2 aromatic rings. The van der Waals surface area contributed by atoms with Crippen LogP contribution >= 0.6 is 0 Å². The number of carbonyl (C=O) groups is 2. The van der Waals surface area contributed by atoms with Crippen LogP contribution in [0.25, 0.3) is 0 Å². The number of aromatic nitrogens is 2. The summed E-state index contributed by atoms with van der Waals surface area (Å²) in [5.41, 5.74) is -0.614. The molecule has 8 nitrogen and oxygen atoms in total. The molecule has 8 heteroatoms. The van der Waals surface area contributed by atoms with Crippen molar-refractivity contribution < 1.29 is 9.59 Å². The molecule has 0 radical (unpaired) electrons. The first-order valence-corrected chi connectivity index (χ1v) is 6.87. The van der Waals surface area contributed by atoms with Crippen molar-refractivity contribution in [3.05, 3.63) is 69.0 Å². The molecular formula is C15H16N4O4. The van der Waals surface area contributed by atoms with Crippen LogP contribution in [0.15, 0.2) is 52.2 Å². The summed E-state index contributed by atoms with van der Waals surface area (Å²) >= 11 is 0. The van der Waals surface area contributed by atoms with Gasteiger partial charge in [-0.3, -0.25) is 23.9 Å². The molecular weight excluding hydrogens is 300 g/mol. The first kappa shape index (κ1) is 16.2. The summed E-state index contributed by atoms with van der Waals surface area (Å²) in [6.07, 6.45) is 1.22. The van der Waals surface area contributed by atoms with Crippen molar-refractivity contribution >= 4 is 11.8 Å². The minimum atomic E-state index is -0.868. The van der Waals surface area contributed by atoms with E-state index in [-0.39, 0.29) is 12.5 Å². The van der Waals surface area contributed by atoms with Gasteiger partial charge in [-0.15, -0.1) is 0 Å². The van der Waals surface area contributed by atoms with Crippen LogP contribution < -0.4 is 21.9 Å². The van der Waals surface area contributed by atoms with Gasteiger partial charge in [0.1, 0.15) is 12.6 Å². The maximum atomic E-state index is 12.1. The highest BCUT2D eigenvalue weighted by Gasteiger charge is 2.21. The summed E-state index contributed by atoms with van der Waals surface area (Å²) in [6.45, 7) is -0.310. The number of hydrogen-bond acceptors (Lipinski definition) is 4. The zero-order valence-corrected chi connectivity index (χ0v) is 12.4. The second kappa shape index (κ2) is 7.21. The third kappa shape index (κ3) is 4.16. The Balaban J connectivity index is 2.16. The fourth-order valence-electron chi connectivity index (χ4n) is 2.02. The van der Waals surface area contributed by atoms with E-state index in [1.54, 1.807) is 30.3 Å². The van der Waals surface area contributed by atoms with Gasteiger partial charge < -0.3 is 10.6 Å². The van der Waals surface area contributed by atoms with Crippen molar-refractivity contribution in [3.63, 3.8) is 0 Å². The Kier molecular flexibility index (Phi) is 5.08. The van der Waals surface area contributed by atoms with E-state index < -0.39 is 23.2 Å². The van der Waals surface area contributed by atoms with Crippen LogP contribution in [0.4, 0.5) is 0 Å². The van der Waals surface area contributed by atoms with Crippen molar-refractivity contribution in [1.82, 2.24) is 20.2 Å². The zero-order valence-electron chi connectivity index (χ0n) is 12.4. The van der Waals surface area contributed by atoms with Crippen LogP contribution in [0.2, 0.25) is 0 Å². The Morgan fingerprint density at radius 2 is 1.87 bits per heavy atom. The molecule has 0 spiro atoms. The highest BCUT2D eigenvalue weighted by Crippen LogP contribution is 2.12. The minimum Gasteiger partial charge on any atom is -0.357 e. The van der Waals surface area contributed by atoms with E-state index in [1.165, 1.54) is 13.2 Å². The van der Waals surface area contributed by atoms with Gasteiger partial charge in [-0.1, -0.05) is 30.3 Å². The molecule has 1 aromatic carbocycles. The van der Waals surface area contributed by atoms with Gasteiger partial charge in [-0.2, -0.15) is 0 Å². The molecule has 0 aliphatic heterocycles. The van der Waals surface area contributed by atoms with E-state index in [9.17, 15) is 19.2 Å². The summed E-state index contributed by atoms with van der Waals surface area (Å²) < 4.78 is 1.04. The third-order valence-corrected chi connectivity index (χ3v) is 3.16. The quantitative estimate of drug-likeness (QED) is 0.666. The normalized spacial score (nSPS) is 11.5. The smallest absolute Gasteiger partial charge is 0.328 e. The summed E-state index contributed by atoms with van der Waals surface area (Å²) in [5, 5.41) is 5.05. The molecule has 0 fully saturated rings. The molecule has 23 heavy (non-hydrogen) atoms. The monoisotopic (exact) mass is 316 g/mol. The number of hydrogen-bond donors (Lipinski definition) is 3. The van der Waals surface area contributed by atoms with E-state index in [4.69, 9.17) is 0 Å². The van der Waals surface area contributed by atoms with Crippen LogP contribution in [0.5, 0.6) is 0 Å². The molecule has 1 aromatic heterocycles. The van der Waals surface area contributed by atoms with E-state index in [0.29, 0.717) is 5.56 Å². The maximum Gasteiger partial charge on any atom is 0.328 e. The number of aromatic amines is 1. The van der Waals surface area contributed by atoms with E-state index in [1.807, 2.05) is 0 Å². The average molecular weight is 316 g/mol. The van der Waals surface area contributed by atoms with Gasteiger partial charge in [-0.05, 0) is 5.56 Å².